The van der Waals surface area contributed by atoms with E-state index in [0.29, 0.717) is 35.8 Å². The van der Waals surface area contributed by atoms with Crippen LogP contribution in [0.15, 0.2) is 47.4 Å². The van der Waals surface area contributed by atoms with Gasteiger partial charge in [-0.05, 0) is 55.3 Å². The molecule has 1 amide bonds. The minimum Gasteiger partial charge on any atom is -0.385 e. The Kier molecular flexibility index (Phi) is 7.02. The zero-order valence-electron chi connectivity index (χ0n) is 14.6. The fraction of sp³-hybridized carbons (Fsp3) is 0.278. The largest absolute Gasteiger partial charge is 0.385 e. The van der Waals surface area contributed by atoms with Gasteiger partial charge in [0.1, 0.15) is 0 Å². The van der Waals surface area contributed by atoms with Crippen LogP contribution in [0, 0.1) is 6.92 Å². The SMILES string of the molecule is COCCCNC(=O)c1ccc(S(=O)(=O)Nc2cc(Cl)ccc2C)cc1. The summed E-state index contributed by atoms with van der Waals surface area (Å²) >= 11 is 5.92. The molecular weight excluding hydrogens is 376 g/mol. The van der Waals surface area contributed by atoms with Crippen molar-refractivity contribution in [2.75, 3.05) is 25.0 Å². The van der Waals surface area contributed by atoms with Crippen LogP contribution < -0.4 is 10.0 Å². The summed E-state index contributed by atoms with van der Waals surface area (Å²) < 4.78 is 32.5. The summed E-state index contributed by atoms with van der Waals surface area (Å²) in [5, 5.41) is 3.19. The van der Waals surface area contributed by atoms with Gasteiger partial charge in [0, 0.05) is 30.8 Å². The van der Waals surface area contributed by atoms with Crippen LogP contribution in [0.1, 0.15) is 22.3 Å². The molecule has 0 fully saturated rings. The van der Waals surface area contributed by atoms with Gasteiger partial charge >= 0.3 is 0 Å². The van der Waals surface area contributed by atoms with Gasteiger partial charge in [0.05, 0.1) is 10.6 Å². The predicted molar refractivity (Wildman–Crippen MR) is 102 cm³/mol. The lowest BCUT2D eigenvalue weighted by Crippen LogP contribution is -2.25. The fourth-order valence-electron chi connectivity index (χ4n) is 2.21. The second kappa shape index (κ2) is 9.02. The standard InChI is InChI=1S/C18H21ClN2O4S/c1-13-4-7-15(19)12-17(13)21-26(23,24)16-8-5-14(6-9-16)18(22)20-10-3-11-25-2/h4-9,12,21H,3,10-11H2,1-2H3,(H,20,22). The first-order chi connectivity index (χ1) is 12.3. The first-order valence-electron chi connectivity index (χ1n) is 7.99. The van der Waals surface area contributed by atoms with Crippen molar-refractivity contribution in [1.29, 1.82) is 0 Å². The van der Waals surface area contributed by atoms with Crippen molar-refractivity contribution in [3.63, 3.8) is 0 Å². The molecule has 0 aromatic heterocycles. The number of ether oxygens (including phenoxy) is 1. The normalized spacial score (nSPS) is 11.2. The average Bonchev–Trinajstić information content (AvgIpc) is 2.61. The lowest BCUT2D eigenvalue weighted by Gasteiger charge is -2.11. The monoisotopic (exact) mass is 396 g/mol. The lowest BCUT2D eigenvalue weighted by atomic mass is 10.2. The Hall–Kier alpha value is -2.09. The molecule has 0 spiro atoms. The molecule has 2 rings (SSSR count). The number of carbonyl (C=O) groups excluding carboxylic acids is 1. The number of hydrogen-bond donors (Lipinski definition) is 2. The number of halogens is 1. The molecular formula is C18H21ClN2O4S. The van der Waals surface area contributed by atoms with Gasteiger partial charge in [-0.3, -0.25) is 9.52 Å². The van der Waals surface area contributed by atoms with Gasteiger partial charge in [0.2, 0.25) is 0 Å². The molecule has 0 saturated carbocycles. The van der Waals surface area contributed by atoms with E-state index in [-0.39, 0.29) is 10.8 Å². The molecule has 0 saturated heterocycles. The molecule has 6 nitrogen and oxygen atoms in total. The molecule has 140 valence electrons. The molecule has 2 aromatic rings. The van der Waals surface area contributed by atoms with E-state index in [2.05, 4.69) is 10.0 Å². The van der Waals surface area contributed by atoms with E-state index in [4.69, 9.17) is 16.3 Å². The van der Waals surface area contributed by atoms with Gasteiger partial charge in [-0.1, -0.05) is 17.7 Å². The Morgan fingerprint density at radius 3 is 2.50 bits per heavy atom. The van der Waals surface area contributed by atoms with Crippen molar-refractivity contribution in [2.45, 2.75) is 18.2 Å². The summed E-state index contributed by atoms with van der Waals surface area (Å²) in [6.45, 7) is 2.83. The van der Waals surface area contributed by atoms with Gasteiger partial charge in [-0.2, -0.15) is 0 Å². The summed E-state index contributed by atoms with van der Waals surface area (Å²) in [6.07, 6.45) is 0.706. The molecule has 0 aliphatic carbocycles. The van der Waals surface area contributed by atoms with Crippen LogP contribution in [0.3, 0.4) is 0 Å². The second-order valence-corrected chi connectivity index (χ2v) is 7.81. The van der Waals surface area contributed by atoms with Crippen LogP contribution in [-0.4, -0.2) is 34.6 Å². The van der Waals surface area contributed by atoms with Gasteiger partial charge in [-0.15, -0.1) is 0 Å². The number of carbonyl (C=O) groups is 1. The number of amides is 1. The number of aryl methyl sites for hydroxylation is 1. The van der Waals surface area contributed by atoms with Crippen LogP contribution >= 0.6 is 11.6 Å². The average molecular weight is 397 g/mol. The highest BCUT2D eigenvalue weighted by Gasteiger charge is 2.16. The van der Waals surface area contributed by atoms with Crippen LogP contribution in [0.2, 0.25) is 5.02 Å². The van der Waals surface area contributed by atoms with Crippen LogP contribution in [0.25, 0.3) is 0 Å². The molecule has 8 heteroatoms. The molecule has 0 heterocycles. The highest BCUT2D eigenvalue weighted by molar-refractivity contribution is 7.92. The molecule has 0 unspecified atom stereocenters. The van der Waals surface area contributed by atoms with Crippen molar-refractivity contribution in [1.82, 2.24) is 5.32 Å². The number of hydrogen-bond acceptors (Lipinski definition) is 4. The summed E-state index contributed by atoms with van der Waals surface area (Å²) in [5.41, 5.74) is 1.56. The lowest BCUT2D eigenvalue weighted by molar-refractivity contribution is 0.0948. The molecule has 0 bridgehead atoms. The van der Waals surface area contributed by atoms with E-state index in [9.17, 15) is 13.2 Å². The zero-order valence-corrected chi connectivity index (χ0v) is 16.2. The summed E-state index contributed by atoms with van der Waals surface area (Å²) in [6, 6.07) is 10.7. The maximum absolute atomic E-state index is 12.5. The third-order valence-corrected chi connectivity index (χ3v) is 5.30. The number of nitrogens with one attached hydrogen (secondary N) is 2. The molecule has 2 aromatic carbocycles. The summed E-state index contributed by atoms with van der Waals surface area (Å²) in [5.74, 6) is -0.260. The quantitative estimate of drug-likeness (QED) is 0.671. The maximum Gasteiger partial charge on any atom is 0.261 e. The van der Waals surface area contributed by atoms with E-state index in [1.165, 1.54) is 24.3 Å². The Balaban J connectivity index is 2.08. The van der Waals surface area contributed by atoms with E-state index in [1.807, 2.05) is 0 Å². The molecule has 0 aliphatic heterocycles. The van der Waals surface area contributed by atoms with E-state index in [0.717, 1.165) is 5.56 Å². The van der Waals surface area contributed by atoms with Crippen molar-refractivity contribution < 1.29 is 17.9 Å². The Labute approximate surface area is 158 Å². The molecule has 0 atom stereocenters. The van der Waals surface area contributed by atoms with E-state index >= 15 is 0 Å². The molecule has 2 N–H and O–H groups in total. The Bertz CT molecular complexity index is 867. The van der Waals surface area contributed by atoms with Crippen molar-refractivity contribution in [3.05, 3.63) is 58.6 Å². The smallest absolute Gasteiger partial charge is 0.261 e. The van der Waals surface area contributed by atoms with Gasteiger partial charge in [-0.25, -0.2) is 8.42 Å². The van der Waals surface area contributed by atoms with Gasteiger partial charge in [0.15, 0.2) is 0 Å². The minimum atomic E-state index is -3.78. The number of rotatable bonds is 8. The molecule has 0 aliphatic rings. The van der Waals surface area contributed by atoms with E-state index < -0.39 is 10.0 Å². The van der Waals surface area contributed by atoms with Crippen LogP contribution in [0.5, 0.6) is 0 Å². The zero-order chi connectivity index (χ0) is 19.2. The van der Waals surface area contributed by atoms with Crippen LogP contribution in [0.4, 0.5) is 5.69 Å². The Morgan fingerprint density at radius 1 is 1.15 bits per heavy atom. The first-order valence-corrected chi connectivity index (χ1v) is 9.86. The molecule has 26 heavy (non-hydrogen) atoms. The summed E-state index contributed by atoms with van der Waals surface area (Å²) in [7, 11) is -2.18. The number of benzene rings is 2. The third-order valence-electron chi connectivity index (χ3n) is 3.68. The number of methoxy groups -OCH3 is 1. The third kappa shape index (κ3) is 5.45. The highest BCUT2D eigenvalue weighted by atomic mass is 35.5. The summed E-state index contributed by atoms with van der Waals surface area (Å²) in [4.78, 5) is 12.1. The highest BCUT2D eigenvalue weighted by Crippen LogP contribution is 2.23. The van der Waals surface area contributed by atoms with Crippen molar-refractivity contribution in [3.8, 4) is 0 Å². The molecule has 0 radical (unpaired) electrons. The van der Waals surface area contributed by atoms with Gasteiger partial charge in [0.25, 0.3) is 15.9 Å². The predicted octanol–water partition coefficient (Wildman–Crippen LogP) is 3.22. The topological polar surface area (TPSA) is 84.5 Å². The maximum atomic E-state index is 12.5. The Morgan fingerprint density at radius 2 is 1.85 bits per heavy atom. The van der Waals surface area contributed by atoms with E-state index in [1.54, 1.807) is 32.2 Å². The first kappa shape index (κ1) is 20.2. The van der Waals surface area contributed by atoms with Crippen molar-refractivity contribution in [2.24, 2.45) is 0 Å². The van der Waals surface area contributed by atoms with Crippen LogP contribution in [-0.2, 0) is 14.8 Å². The minimum absolute atomic E-state index is 0.0628. The number of anilines is 1. The fourth-order valence-corrected chi connectivity index (χ4v) is 3.51. The van der Waals surface area contributed by atoms with Gasteiger partial charge < -0.3 is 10.1 Å². The van der Waals surface area contributed by atoms with Crippen molar-refractivity contribution >= 4 is 33.2 Å². The number of sulfonamides is 1. The second-order valence-electron chi connectivity index (χ2n) is 5.69.